The van der Waals surface area contributed by atoms with Crippen LogP contribution >= 0.6 is 0 Å². The van der Waals surface area contributed by atoms with E-state index in [9.17, 15) is 13.6 Å². The van der Waals surface area contributed by atoms with E-state index in [1.807, 2.05) is 12.1 Å². The number of halogens is 2. The third kappa shape index (κ3) is 3.04. The van der Waals surface area contributed by atoms with Gasteiger partial charge in [-0.15, -0.1) is 0 Å². The predicted molar refractivity (Wildman–Crippen MR) is 84.0 cm³/mol. The number of pyridine rings is 1. The number of para-hydroxylation sites is 1. The average molecular weight is 312 g/mol. The third-order valence-electron chi connectivity index (χ3n) is 3.67. The standard InChI is InChI=1S/C18H14F2N2O/c1-11(13-7-8-15(19)16(20)10-13)22-18(23)14-6-2-4-12-5-3-9-21-17(12)14/h2-11H,1H3,(H,22,23)/t11-/m1/s1. The van der Waals surface area contributed by atoms with Gasteiger partial charge < -0.3 is 5.32 Å². The van der Waals surface area contributed by atoms with Gasteiger partial charge in [-0.2, -0.15) is 0 Å². The summed E-state index contributed by atoms with van der Waals surface area (Å²) >= 11 is 0. The summed E-state index contributed by atoms with van der Waals surface area (Å²) in [6.45, 7) is 1.71. The number of fused-ring (bicyclic) bond motifs is 1. The van der Waals surface area contributed by atoms with Gasteiger partial charge in [0, 0.05) is 11.6 Å². The van der Waals surface area contributed by atoms with Gasteiger partial charge in [-0.25, -0.2) is 8.78 Å². The number of benzene rings is 2. The van der Waals surface area contributed by atoms with Crippen LogP contribution in [0.25, 0.3) is 10.9 Å². The number of hydrogen-bond acceptors (Lipinski definition) is 2. The molecule has 0 aliphatic carbocycles. The maximum Gasteiger partial charge on any atom is 0.253 e. The first kappa shape index (κ1) is 15.1. The number of hydrogen-bond donors (Lipinski definition) is 1. The second-order valence-corrected chi connectivity index (χ2v) is 5.25. The molecular weight excluding hydrogens is 298 g/mol. The molecule has 2 aromatic carbocycles. The smallest absolute Gasteiger partial charge is 0.253 e. The van der Waals surface area contributed by atoms with E-state index in [2.05, 4.69) is 10.3 Å². The van der Waals surface area contributed by atoms with Gasteiger partial charge in [0.1, 0.15) is 0 Å². The van der Waals surface area contributed by atoms with E-state index in [-0.39, 0.29) is 5.91 Å². The van der Waals surface area contributed by atoms with Crippen LogP contribution in [0.15, 0.2) is 54.7 Å². The Kier molecular flexibility index (Phi) is 4.02. The molecule has 0 spiro atoms. The molecule has 1 atom stereocenters. The zero-order chi connectivity index (χ0) is 16.4. The van der Waals surface area contributed by atoms with E-state index in [1.165, 1.54) is 6.07 Å². The van der Waals surface area contributed by atoms with Crippen molar-refractivity contribution in [3.05, 3.63) is 77.5 Å². The molecule has 0 aliphatic heterocycles. The molecule has 0 unspecified atom stereocenters. The Bertz CT molecular complexity index is 875. The van der Waals surface area contributed by atoms with E-state index in [0.29, 0.717) is 16.6 Å². The molecule has 1 aromatic heterocycles. The fourth-order valence-corrected chi connectivity index (χ4v) is 2.43. The van der Waals surface area contributed by atoms with Gasteiger partial charge in [0.05, 0.1) is 17.1 Å². The lowest BCUT2D eigenvalue weighted by molar-refractivity contribution is 0.0941. The lowest BCUT2D eigenvalue weighted by Gasteiger charge is -2.15. The SMILES string of the molecule is C[C@@H](NC(=O)c1cccc2cccnc12)c1ccc(F)c(F)c1. The minimum Gasteiger partial charge on any atom is -0.345 e. The zero-order valence-corrected chi connectivity index (χ0v) is 12.4. The normalized spacial score (nSPS) is 12.1. The lowest BCUT2D eigenvalue weighted by atomic mass is 10.1. The molecule has 0 aliphatic rings. The van der Waals surface area contributed by atoms with Crippen LogP contribution in [0.1, 0.15) is 28.9 Å². The zero-order valence-electron chi connectivity index (χ0n) is 12.4. The lowest BCUT2D eigenvalue weighted by Crippen LogP contribution is -2.27. The van der Waals surface area contributed by atoms with Crippen LogP contribution < -0.4 is 5.32 Å². The molecule has 3 aromatic rings. The van der Waals surface area contributed by atoms with Crippen molar-refractivity contribution in [3.63, 3.8) is 0 Å². The molecule has 0 saturated carbocycles. The fourth-order valence-electron chi connectivity index (χ4n) is 2.43. The number of nitrogens with zero attached hydrogens (tertiary/aromatic N) is 1. The van der Waals surface area contributed by atoms with Crippen molar-refractivity contribution in [2.75, 3.05) is 0 Å². The van der Waals surface area contributed by atoms with Crippen LogP contribution in [0.5, 0.6) is 0 Å². The highest BCUT2D eigenvalue weighted by molar-refractivity contribution is 6.05. The molecule has 23 heavy (non-hydrogen) atoms. The summed E-state index contributed by atoms with van der Waals surface area (Å²) in [6.07, 6.45) is 1.62. The summed E-state index contributed by atoms with van der Waals surface area (Å²) in [5.41, 5.74) is 1.54. The number of rotatable bonds is 3. The molecule has 0 bridgehead atoms. The van der Waals surface area contributed by atoms with Crippen LogP contribution in [-0.2, 0) is 0 Å². The van der Waals surface area contributed by atoms with Gasteiger partial charge in [0.2, 0.25) is 0 Å². The van der Waals surface area contributed by atoms with E-state index in [1.54, 1.807) is 31.3 Å². The Morgan fingerprint density at radius 1 is 1.09 bits per heavy atom. The maximum atomic E-state index is 13.3. The topological polar surface area (TPSA) is 42.0 Å². The Morgan fingerprint density at radius 2 is 1.87 bits per heavy atom. The summed E-state index contributed by atoms with van der Waals surface area (Å²) in [6, 6.07) is 12.1. The van der Waals surface area contributed by atoms with Crippen molar-refractivity contribution in [1.29, 1.82) is 0 Å². The molecule has 0 fully saturated rings. The Hall–Kier alpha value is -2.82. The van der Waals surface area contributed by atoms with Gasteiger partial charge in [-0.3, -0.25) is 9.78 Å². The van der Waals surface area contributed by atoms with Crippen LogP contribution in [0, 0.1) is 11.6 Å². The highest BCUT2D eigenvalue weighted by Gasteiger charge is 2.15. The Labute approximate surface area is 132 Å². The highest BCUT2D eigenvalue weighted by atomic mass is 19.2. The molecule has 0 saturated heterocycles. The van der Waals surface area contributed by atoms with Crippen molar-refractivity contribution in [1.82, 2.24) is 10.3 Å². The monoisotopic (exact) mass is 312 g/mol. The minimum absolute atomic E-state index is 0.313. The summed E-state index contributed by atoms with van der Waals surface area (Å²) in [4.78, 5) is 16.7. The summed E-state index contributed by atoms with van der Waals surface area (Å²) < 4.78 is 26.3. The van der Waals surface area contributed by atoms with Gasteiger partial charge >= 0.3 is 0 Å². The maximum absolute atomic E-state index is 13.3. The molecule has 0 radical (unpaired) electrons. The molecule has 1 N–H and O–H groups in total. The average Bonchev–Trinajstić information content (AvgIpc) is 2.56. The number of carbonyl (C=O) groups excluding carboxylic acids is 1. The van der Waals surface area contributed by atoms with E-state index in [0.717, 1.165) is 17.5 Å². The largest absolute Gasteiger partial charge is 0.345 e. The Morgan fingerprint density at radius 3 is 2.65 bits per heavy atom. The number of aromatic nitrogens is 1. The van der Waals surface area contributed by atoms with E-state index >= 15 is 0 Å². The fraction of sp³-hybridized carbons (Fsp3) is 0.111. The predicted octanol–water partition coefficient (Wildman–Crippen LogP) is 4.00. The van der Waals surface area contributed by atoms with Gasteiger partial charge in [0.15, 0.2) is 11.6 Å². The first-order chi connectivity index (χ1) is 11.1. The second-order valence-electron chi connectivity index (χ2n) is 5.25. The first-order valence-electron chi connectivity index (χ1n) is 7.16. The summed E-state index contributed by atoms with van der Waals surface area (Å²) in [7, 11) is 0. The Balaban J connectivity index is 1.87. The van der Waals surface area contributed by atoms with E-state index < -0.39 is 17.7 Å². The first-order valence-corrected chi connectivity index (χ1v) is 7.16. The summed E-state index contributed by atoms with van der Waals surface area (Å²) in [5, 5.41) is 3.64. The summed E-state index contributed by atoms with van der Waals surface area (Å²) in [5.74, 6) is -2.16. The van der Waals surface area contributed by atoms with Crippen LogP contribution in [0.4, 0.5) is 8.78 Å². The van der Waals surface area contributed by atoms with Gasteiger partial charge in [-0.05, 0) is 36.8 Å². The van der Waals surface area contributed by atoms with Crippen molar-refractivity contribution in [3.8, 4) is 0 Å². The molecular formula is C18H14F2N2O. The van der Waals surface area contributed by atoms with Crippen molar-refractivity contribution < 1.29 is 13.6 Å². The molecule has 1 heterocycles. The van der Waals surface area contributed by atoms with Crippen LogP contribution in [0.2, 0.25) is 0 Å². The van der Waals surface area contributed by atoms with Crippen molar-refractivity contribution >= 4 is 16.8 Å². The number of nitrogens with one attached hydrogen (secondary N) is 1. The second kappa shape index (κ2) is 6.12. The van der Waals surface area contributed by atoms with Crippen molar-refractivity contribution in [2.24, 2.45) is 0 Å². The molecule has 1 amide bonds. The molecule has 116 valence electrons. The van der Waals surface area contributed by atoms with Gasteiger partial charge in [0.25, 0.3) is 5.91 Å². The quantitative estimate of drug-likeness (QED) is 0.794. The van der Waals surface area contributed by atoms with Crippen LogP contribution in [0.3, 0.4) is 0 Å². The third-order valence-corrected chi connectivity index (χ3v) is 3.67. The number of amides is 1. The van der Waals surface area contributed by atoms with Crippen LogP contribution in [-0.4, -0.2) is 10.9 Å². The highest BCUT2D eigenvalue weighted by Crippen LogP contribution is 2.19. The van der Waals surface area contributed by atoms with Gasteiger partial charge in [-0.1, -0.05) is 24.3 Å². The van der Waals surface area contributed by atoms with E-state index in [4.69, 9.17) is 0 Å². The number of carbonyl (C=O) groups is 1. The molecule has 5 heteroatoms. The molecule has 3 rings (SSSR count). The minimum atomic E-state index is -0.935. The van der Waals surface area contributed by atoms with Crippen molar-refractivity contribution in [2.45, 2.75) is 13.0 Å². The molecule has 3 nitrogen and oxygen atoms in total.